The van der Waals surface area contributed by atoms with Crippen molar-refractivity contribution < 1.29 is 9.90 Å². The van der Waals surface area contributed by atoms with Crippen molar-refractivity contribution in [2.45, 2.75) is 40.5 Å². The van der Waals surface area contributed by atoms with Gasteiger partial charge in [-0.15, -0.1) is 0 Å². The summed E-state index contributed by atoms with van der Waals surface area (Å²) in [6.45, 7) is 9.28. The molecule has 0 spiro atoms. The van der Waals surface area contributed by atoms with Gasteiger partial charge in [-0.3, -0.25) is 4.79 Å². The molecule has 14 heavy (non-hydrogen) atoms. The van der Waals surface area contributed by atoms with Gasteiger partial charge >= 0.3 is 5.97 Å². The normalized spacial score (nSPS) is 12.1. The van der Waals surface area contributed by atoms with E-state index in [-0.39, 0.29) is 0 Å². The van der Waals surface area contributed by atoms with Gasteiger partial charge in [0.1, 0.15) is 0 Å². The van der Waals surface area contributed by atoms with Gasteiger partial charge in [0.2, 0.25) is 0 Å². The molecule has 0 bridgehead atoms. The number of carboxylic acids is 1. The number of rotatable bonds is 7. The van der Waals surface area contributed by atoms with Crippen LogP contribution in [0.2, 0.25) is 0 Å². The average molecular weight is 201 g/mol. The summed E-state index contributed by atoms with van der Waals surface area (Å²) in [6, 6.07) is 0. The molecular formula is C11H23NO2. The molecule has 0 aromatic carbocycles. The molecule has 0 heterocycles. The van der Waals surface area contributed by atoms with Crippen molar-refractivity contribution in [3.8, 4) is 0 Å². The molecule has 0 aliphatic rings. The Hall–Kier alpha value is -0.570. The number of nitrogens with one attached hydrogen (secondary N) is 1. The number of hydrogen-bond donors (Lipinski definition) is 2. The van der Waals surface area contributed by atoms with Gasteiger partial charge in [0.05, 0.1) is 5.41 Å². The zero-order chi connectivity index (χ0) is 11.2. The fourth-order valence-corrected chi connectivity index (χ4v) is 1.24. The van der Waals surface area contributed by atoms with Crippen LogP contribution >= 0.6 is 0 Å². The van der Waals surface area contributed by atoms with Gasteiger partial charge in [0.15, 0.2) is 0 Å². The molecule has 0 unspecified atom stereocenters. The highest BCUT2D eigenvalue weighted by Crippen LogP contribution is 2.14. The predicted octanol–water partition coefficient (Wildman–Crippen LogP) is 2.12. The van der Waals surface area contributed by atoms with Gasteiger partial charge in [0, 0.05) is 6.54 Å². The zero-order valence-electron chi connectivity index (χ0n) is 9.76. The minimum atomic E-state index is -0.741. The van der Waals surface area contributed by atoms with Gasteiger partial charge in [-0.1, -0.05) is 26.7 Å². The van der Waals surface area contributed by atoms with Crippen LogP contribution in [-0.2, 0) is 4.79 Å². The second-order valence-electron chi connectivity index (χ2n) is 4.50. The first-order valence-corrected chi connectivity index (χ1v) is 5.38. The van der Waals surface area contributed by atoms with Crippen molar-refractivity contribution in [2.24, 2.45) is 11.3 Å². The summed E-state index contributed by atoms with van der Waals surface area (Å²) in [4.78, 5) is 10.8. The summed E-state index contributed by atoms with van der Waals surface area (Å²) in [6.07, 6.45) is 2.30. The first-order chi connectivity index (χ1) is 6.44. The van der Waals surface area contributed by atoms with Crippen LogP contribution in [0.3, 0.4) is 0 Å². The number of aliphatic carboxylic acids is 1. The van der Waals surface area contributed by atoms with Crippen LogP contribution in [0.1, 0.15) is 40.5 Å². The van der Waals surface area contributed by atoms with E-state index in [4.69, 9.17) is 5.11 Å². The van der Waals surface area contributed by atoms with Gasteiger partial charge in [-0.05, 0) is 26.3 Å². The predicted molar refractivity (Wildman–Crippen MR) is 58.4 cm³/mol. The molecule has 0 saturated carbocycles. The van der Waals surface area contributed by atoms with Crippen molar-refractivity contribution in [2.75, 3.05) is 13.1 Å². The van der Waals surface area contributed by atoms with Crippen LogP contribution in [0, 0.1) is 11.3 Å². The second kappa shape index (κ2) is 6.02. The lowest BCUT2D eigenvalue weighted by Gasteiger charge is -2.21. The van der Waals surface area contributed by atoms with E-state index in [2.05, 4.69) is 19.2 Å². The SMILES string of the molecule is CCC(CC)CNCC(C)(C)C(=O)O. The maximum Gasteiger partial charge on any atom is 0.310 e. The Morgan fingerprint density at radius 1 is 1.36 bits per heavy atom. The van der Waals surface area contributed by atoms with Gasteiger partial charge < -0.3 is 10.4 Å². The molecule has 3 heteroatoms. The van der Waals surface area contributed by atoms with Crippen LogP contribution in [0.5, 0.6) is 0 Å². The molecular weight excluding hydrogens is 178 g/mol. The van der Waals surface area contributed by atoms with E-state index in [9.17, 15) is 4.79 Å². The smallest absolute Gasteiger partial charge is 0.310 e. The largest absolute Gasteiger partial charge is 0.481 e. The molecule has 0 aromatic rings. The summed E-state index contributed by atoms with van der Waals surface area (Å²) in [5.41, 5.74) is -0.661. The first kappa shape index (κ1) is 13.4. The maximum atomic E-state index is 10.8. The van der Waals surface area contributed by atoms with E-state index < -0.39 is 11.4 Å². The van der Waals surface area contributed by atoms with Gasteiger partial charge in [-0.25, -0.2) is 0 Å². The maximum absolute atomic E-state index is 10.8. The summed E-state index contributed by atoms with van der Waals surface area (Å²) >= 11 is 0. The molecule has 0 aromatic heterocycles. The van der Waals surface area contributed by atoms with E-state index >= 15 is 0 Å². The summed E-state index contributed by atoms with van der Waals surface area (Å²) in [7, 11) is 0. The number of carbonyl (C=O) groups is 1. The van der Waals surface area contributed by atoms with E-state index in [0.717, 1.165) is 19.4 Å². The Balaban J connectivity index is 3.78. The Morgan fingerprint density at radius 3 is 2.21 bits per heavy atom. The minimum Gasteiger partial charge on any atom is -0.481 e. The van der Waals surface area contributed by atoms with Crippen molar-refractivity contribution in [3.63, 3.8) is 0 Å². The topological polar surface area (TPSA) is 49.3 Å². The van der Waals surface area contributed by atoms with Crippen LogP contribution in [0.15, 0.2) is 0 Å². The van der Waals surface area contributed by atoms with Crippen LogP contribution in [0.25, 0.3) is 0 Å². The highest BCUT2D eigenvalue weighted by Gasteiger charge is 2.26. The standard InChI is InChI=1S/C11H23NO2/c1-5-9(6-2)7-12-8-11(3,4)10(13)14/h9,12H,5-8H2,1-4H3,(H,13,14). The molecule has 0 radical (unpaired) electrons. The fourth-order valence-electron chi connectivity index (χ4n) is 1.24. The Morgan fingerprint density at radius 2 is 1.86 bits per heavy atom. The number of carboxylic acid groups (broad SMARTS) is 1. The third-order valence-electron chi connectivity index (χ3n) is 2.73. The molecule has 84 valence electrons. The fraction of sp³-hybridized carbons (Fsp3) is 0.909. The Kier molecular flexibility index (Phi) is 5.77. The second-order valence-corrected chi connectivity index (χ2v) is 4.50. The van der Waals surface area contributed by atoms with E-state index in [1.54, 1.807) is 13.8 Å². The van der Waals surface area contributed by atoms with Crippen LogP contribution < -0.4 is 5.32 Å². The van der Waals surface area contributed by atoms with E-state index in [1.165, 1.54) is 0 Å². The van der Waals surface area contributed by atoms with Crippen molar-refractivity contribution >= 4 is 5.97 Å². The first-order valence-electron chi connectivity index (χ1n) is 5.38. The third-order valence-corrected chi connectivity index (χ3v) is 2.73. The van der Waals surface area contributed by atoms with Crippen molar-refractivity contribution in [1.29, 1.82) is 0 Å². The lowest BCUT2D eigenvalue weighted by atomic mass is 9.93. The molecule has 0 saturated heterocycles. The highest BCUT2D eigenvalue weighted by molar-refractivity contribution is 5.73. The Bertz CT molecular complexity index is 174. The van der Waals surface area contributed by atoms with Crippen molar-refractivity contribution in [3.05, 3.63) is 0 Å². The van der Waals surface area contributed by atoms with E-state index in [0.29, 0.717) is 12.5 Å². The molecule has 0 aliphatic carbocycles. The average Bonchev–Trinajstić information content (AvgIpc) is 2.12. The molecule has 3 nitrogen and oxygen atoms in total. The van der Waals surface area contributed by atoms with E-state index in [1.807, 2.05) is 0 Å². The summed E-state index contributed by atoms with van der Waals surface area (Å²) < 4.78 is 0. The molecule has 0 amide bonds. The van der Waals surface area contributed by atoms with Gasteiger partial charge in [0.25, 0.3) is 0 Å². The molecule has 0 fully saturated rings. The molecule has 0 aliphatic heterocycles. The van der Waals surface area contributed by atoms with Crippen LogP contribution in [0.4, 0.5) is 0 Å². The molecule has 0 rings (SSSR count). The quantitative estimate of drug-likeness (QED) is 0.663. The minimum absolute atomic E-state index is 0.541. The molecule has 0 atom stereocenters. The molecule has 2 N–H and O–H groups in total. The van der Waals surface area contributed by atoms with Gasteiger partial charge in [-0.2, -0.15) is 0 Å². The lowest BCUT2D eigenvalue weighted by Crippen LogP contribution is -2.37. The summed E-state index contributed by atoms with van der Waals surface area (Å²) in [5, 5.41) is 12.1. The summed E-state index contributed by atoms with van der Waals surface area (Å²) in [5.74, 6) is -0.0749. The number of hydrogen-bond acceptors (Lipinski definition) is 2. The Labute approximate surface area is 86.9 Å². The lowest BCUT2D eigenvalue weighted by molar-refractivity contribution is -0.146. The van der Waals surface area contributed by atoms with Crippen molar-refractivity contribution in [1.82, 2.24) is 5.32 Å². The zero-order valence-corrected chi connectivity index (χ0v) is 9.76. The highest BCUT2D eigenvalue weighted by atomic mass is 16.4. The third kappa shape index (κ3) is 4.61. The van der Waals surface area contributed by atoms with Crippen LogP contribution in [-0.4, -0.2) is 24.2 Å². The monoisotopic (exact) mass is 201 g/mol.